The zero-order valence-electron chi connectivity index (χ0n) is 19.6. The molecule has 0 saturated carbocycles. The third-order valence-electron chi connectivity index (χ3n) is 4.58. The SMILES string of the molecule is C#CN(C(=O)C(C)NC(=O)OC(C)(C)C)C(C(=O)NC(C)CCC)c1ccccc1C. The first-order valence-electron chi connectivity index (χ1n) is 10.6. The number of hydrogen-bond acceptors (Lipinski definition) is 4. The highest BCUT2D eigenvalue weighted by Crippen LogP contribution is 2.25. The van der Waals surface area contributed by atoms with Gasteiger partial charge in [0.2, 0.25) is 5.91 Å². The number of ether oxygens (including phenoxy) is 1. The van der Waals surface area contributed by atoms with Crippen molar-refractivity contribution >= 4 is 17.9 Å². The number of nitrogens with zero attached hydrogens (tertiary/aromatic N) is 1. The van der Waals surface area contributed by atoms with Crippen molar-refractivity contribution in [1.82, 2.24) is 15.5 Å². The van der Waals surface area contributed by atoms with Gasteiger partial charge < -0.3 is 15.4 Å². The maximum atomic E-state index is 13.2. The van der Waals surface area contributed by atoms with E-state index in [1.165, 1.54) is 6.92 Å². The third-order valence-corrected chi connectivity index (χ3v) is 4.58. The van der Waals surface area contributed by atoms with Gasteiger partial charge in [-0.15, -0.1) is 0 Å². The van der Waals surface area contributed by atoms with Gasteiger partial charge in [-0.1, -0.05) is 44.0 Å². The van der Waals surface area contributed by atoms with E-state index in [9.17, 15) is 14.4 Å². The van der Waals surface area contributed by atoms with Crippen molar-refractivity contribution in [3.8, 4) is 12.5 Å². The van der Waals surface area contributed by atoms with E-state index in [2.05, 4.69) is 16.7 Å². The van der Waals surface area contributed by atoms with Crippen LogP contribution in [0.2, 0.25) is 0 Å². The molecule has 0 aliphatic heterocycles. The van der Waals surface area contributed by atoms with Crippen LogP contribution < -0.4 is 10.6 Å². The van der Waals surface area contributed by atoms with Crippen molar-refractivity contribution in [3.05, 3.63) is 35.4 Å². The van der Waals surface area contributed by atoms with Gasteiger partial charge in [-0.25, -0.2) is 4.79 Å². The summed E-state index contributed by atoms with van der Waals surface area (Å²) in [5.41, 5.74) is 0.739. The lowest BCUT2D eigenvalue weighted by atomic mass is 9.98. The summed E-state index contributed by atoms with van der Waals surface area (Å²) >= 11 is 0. The van der Waals surface area contributed by atoms with Crippen LogP contribution in [0.4, 0.5) is 4.79 Å². The average Bonchev–Trinajstić information content (AvgIpc) is 2.64. The number of alkyl carbamates (subject to hydrolysis) is 1. The maximum absolute atomic E-state index is 13.2. The van der Waals surface area contributed by atoms with Crippen molar-refractivity contribution in [3.63, 3.8) is 0 Å². The molecule has 31 heavy (non-hydrogen) atoms. The summed E-state index contributed by atoms with van der Waals surface area (Å²) in [6.45, 7) is 12.5. The number of rotatable bonds is 8. The number of terminal acetylenes is 1. The summed E-state index contributed by atoms with van der Waals surface area (Å²) in [5.74, 6) is -0.953. The molecule has 1 rings (SSSR count). The monoisotopic (exact) mass is 429 g/mol. The molecule has 3 amide bonds. The summed E-state index contributed by atoms with van der Waals surface area (Å²) in [6.07, 6.45) is 6.66. The van der Waals surface area contributed by atoms with E-state index in [0.717, 1.165) is 23.3 Å². The van der Waals surface area contributed by atoms with Crippen molar-refractivity contribution in [2.75, 3.05) is 0 Å². The predicted molar refractivity (Wildman–Crippen MR) is 121 cm³/mol. The quantitative estimate of drug-likeness (QED) is 0.487. The van der Waals surface area contributed by atoms with Crippen LogP contribution in [-0.2, 0) is 14.3 Å². The van der Waals surface area contributed by atoms with Gasteiger partial charge in [0.1, 0.15) is 17.7 Å². The molecule has 0 saturated heterocycles. The van der Waals surface area contributed by atoms with Gasteiger partial charge in [-0.3, -0.25) is 14.5 Å². The summed E-state index contributed by atoms with van der Waals surface area (Å²) < 4.78 is 5.21. The summed E-state index contributed by atoms with van der Waals surface area (Å²) in [5, 5.41) is 5.44. The molecule has 3 atom stereocenters. The number of benzene rings is 1. The minimum atomic E-state index is -1.03. The van der Waals surface area contributed by atoms with Crippen LogP contribution in [-0.4, -0.2) is 40.5 Å². The van der Waals surface area contributed by atoms with Crippen molar-refractivity contribution in [2.24, 2.45) is 0 Å². The Morgan fingerprint density at radius 2 is 1.77 bits per heavy atom. The lowest BCUT2D eigenvalue weighted by Crippen LogP contribution is -2.51. The van der Waals surface area contributed by atoms with Gasteiger partial charge in [0.05, 0.1) is 0 Å². The Balaban J connectivity index is 3.20. The Morgan fingerprint density at radius 1 is 1.16 bits per heavy atom. The zero-order valence-corrected chi connectivity index (χ0v) is 19.6. The molecule has 7 heteroatoms. The Labute approximate surface area is 185 Å². The first-order valence-corrected chi connectivity index (χ1v) is 10.6. The van der Waals surface area contributed by atoms with E-state index in [1.54, 1.807) is 32.9 Å². The molecule has 0 aliphatic carbocycles. The lowest BCUT2D eigenvalue weighted by Gasteiger charge is -2.30. The van der Waals surface area contributed by atoms with Crippen LogP contribution >= 0.6 is 0 Å². The molecule has 1 aromatic rings. The molecule has 0 aliphatic rings. The van der Waals surface area contributed by atoms with Gasteiger partial charge in [0, 0.05) is 12.1 Å². The van der Waals surface area contributed by atoms with Crippen LogP contribution in [0.1, 0.15) is 71.6 Å². The molecule has 3 unspecified atom stereocenters. The molecule has 2 N–H and O–H groups in total. The number of carbonyl (C=O) groups is 3. The molecule has 0 spiro atoms. The number of hydrogen-bond donors (Lipinski definition) is 2. The normalized spacial score (nSPS) is 13.9. The average molecular weight is 430 g/mol. The smallest absolute Gasteiger partial charge is 0.408 e. The van der Waals surface area contributed by atoms with Crippen LogP contribution in [0.5, 0.6) is 0 Å². The Bertz CT molecular complexity index is 823. The fraction of sp³-hybridized carbons (Fsp3) is 0.542. The van der Waals surface area contributed by atoms with Crippen molar-refractivity contribution in [1.29, 1.82) is 0 Å². The Kier molecular flexibility index (Phi) is 9.57. The minimum Gasteiger partial charge on any atom is -0.444 e. The molecular formula is C24H35N3O4. The van der Waals surface area contributed by atoms with E-state index >= 15 is 0 Å². The van der Waals surface area contributed by atoms with Gasteiger partial charge >= 0.3 is 6.09 Å². The molecular weight excluding hydrogens is 394 g/mol. The first kappa shape index (κ1) is 26.0. The largest absolute Gasteiger partial charge is 0.444 e. The summed E-state index contributed by atoms with van der Waals surface area (Å²) in [6, 6.07) is 7.53. The van der Waals surface area contributed by atoms with Gasteiger partial charge in [-0.2, -0.15) is 0 Å². The molecule has 170 valence electrons. The Hall–Kier alpha value is -3.01. The van der Waals surface area contributed by atoms with Crippen LogP contribution in [0.25, 0.3) is 0 Å². The molecule has 0 aromatic heterocycles. The topological polar surface area (TPSA) is 87.7 Å². The molecule has 0 heterocycles. The van der Waals surface area contributed by atoms with Crippen molar-refractivity contribution in [2.45, 2.75) is 85.0 Å². The first-order chi connectivity index (χ1) is 14.4. The van der Waals surface area contributed by atoms with Crippen LogP contribution in [0.3, 0.4) is 0 Å². The highest BCUT2D eigenvalue weighted by molar-refractivity contribution is 5.93. The van der Waals surface area contributed by atoms with E-state index in [0.29, 0.717) is 5.56 Å². The molecule has 0 radical (unpaired) electrons. The second-order valence-electron chi connectivity index (χ2n) is 8.66. The lowest BCUT2D eigenvalue weighted by molar-refractivity contribution is -0.138. The number of carbonyl (C=O) groups excluding carboxylic acids is 3. The maximum Gasteiger partial charge on any atom is 0.408 e. The van der Waals surface area contributed by atoms with E-state index in [-0.39, 0.29) is 11.9 Å². The fourth-order valence-corrected chi connectivity index (χ4v) is 3.14. The minimum absolute atomic E-state index is 0.0731. The number of amides is 3. The summed E-state index contributed by atoms with van der Waals surface area (Å²) in [4.78, 5) is 39.5. The molecule has 0 fully saturated rings. The van der Waals surface area contributed by atoms with E-state index in [4.69, 9.17) is 11.2 Å². The second kappa shape index (κ2) is 11.4. The van der Waals surface area contributed by atoms with E-state index < -0.39 is 29.7 Å². The fourth-order valence-electron chi connectivity index (χ4n) is 3.14. The standard InChI is InChI=1S/C24H35N3O4/c1-9-13-17(4)25-21(28)20(19-15-12-11-14-16(19)3)27(10-2)22(29)18(5)26-23(30)31-24(6,7)8/h2,11-12,14-15,17-18,20H,9,13H2,1,3-8H3,(H,25,28)(H,26,30). The van der Waals surface area contributed by atoms with Gasteiger partial charge in [0.15, 0.2) is 0 Å². The van der Waals surface area contributed by atoms with E-state index in [1.807, 2.05) is 32.9 Å². The molecule has 7 nitrogen and oxygen atoms in total. The summed E-state index contributed by atoms with van der Waals surface area (Å²) in [7, 11) is 0. The molecule has 1 aromatic carbocycles. The highest BCUT2D eigenvalue weighted by atomic mass is 16.6. The van der Waals surface area contributed by atoms with Gasteiger partial charge in [0.25, 0.3) is 5.91 Å². The van der Waals surface area contributed by atoms with Crippen LogP contribution in [0.15, 0.2) is 24.3 Å². The zero-order chi connectivity index (χ0) is 23.8. The Morgan fingerprint density at radius 3 is 2.29 bits per heavy atom. The predicted octanol–water partition coefficient (Wildman–Crippen LogP) is 3.67. The van der Waals surface area contributed by atoms with Gasteiger partial charge in [-0.05, 0) is 59.1 Å². The number of aryl methyl sites for hydroxylation is 1. The third kappa shape index (κ3) is 7.97. The highest BCUT2D eigenvalue weighted by Gasteiger charge is 2.35. The van der Waals surface area contributed by atoms with Crippen LogP contribution in [0, 0.1) is 19.4 Å². The van der Waals surface area contributed by atoms with Crippen molar-refractivity contribution < 1.29 is 19.1 Å². The molecule has 0 bridgehead atoms. The number of nitrogens with one attached hydrogen (secondary N) is 2. The second-order valence-corrected chi connectivity index (χ2v) is 8.66.